The Bertz CT molecular complexity index is 547. The Morgan fingerprint density at radius 3 is 2.30 bits per heavy atom. The van der Waals surface area contributed by atoms with Gasteiger partial charge >= 0.3 is 0 Å². The molecule has 0 saturated carbocycles. The lowest BCUT2D eigenvalue weighted by Crippen LogP contribution is -2.44. The van der Waals surface area contributed by atoms with Gasteiger partial charge in [0.25, 0.3) is 0 Å². The van der Waals surface area contributed by atoms with Crippen LogP contribution in [0.1, 0.15) is 25.8 Å². The second-order valence-electron chi connectivity index (χ2n) is 5.00. The number of ether oxygens (including phenoxy) is 2. The van der Waals surface area contributed by atoms with Crippen LogP contribution in [0.4, 0.5) is 0 Å². The number of hydrogen-bond donors (Lipinski definition) is 2. The lowest BCUT2D eigenvalue weighted by Gasteiger charge is -2.12. The SMILES string of the molecule is CCCNC(=O)C(C)NC(=O)/C=C/c1cc(OC)cc(OC)c1. The van der Waals surface area contributed by atoms with Crippen LogP contribution >= 0.6 is 0 Å². The lowest BCUT2D eigenvalue weighted by atomic mass is 10.2. The highest BCUT2D eigenvalue weighted by Gasteiger charge is 2.13. The molecule has 0 aliphatic carbocycles. The molecule has 23 heavy (non-hydrogen) atoms. The minimum Gasteiger partial charge on any atom is -0.497 e. The summed E-state index contributed by atoms with van der Waals surface area (Å²) in [6.07, 6.45) is 3.86. The first-order chi connectivity index (χ1) is 11.0. The van der Waals surface area contributed by atoms with Crippen molar-refractivity contribution in [2.45, 2.75) is 26.3 Å². The molecule has 1 aromatic carbocycles. The van der Waals surface area contributed by atoms with Crippen molar-refractivity contribution in [1.29, 1.82) is 0 Å². The number of methoxy groups -OCH3 is 2. The lowest BCUT2D eigenvalue weighted by molar-refractivity contribution is -0.126. The van der Waals surface area contributed by atoms with Crippen molar-refractivity contribution >= 4 is 17.9 Å². The van der Waals surface area contributed by atoms with Crippen molar-refractivity contribution in [2.75, 3.05) is 20.8 Å². The topological polar surface area (TPSA) is 76.7 Å². The molecule has 0 aliphatic rings. The minimum absolute atomic E-state index is 0.198. The molecule has 1 rings (SSSR count). The zero-order valence-corrected chi connectivity index (χ0v) is 14.0. The summed E-state index contributed by atoms with van der Waals surface area (Å²) in [5.74, 6) is 0.732. The number of hydrogen-bond acceptors (Lipinski definition) is 4. The van der Waals surface area contributed by atoms with Crippen LogP contribution in [0.25, 0.3) is 6.08 Å². The maximum Gasteiger partial charge on any atom is 0.244 e. The maximum atomic E-state index is 11.9. The van der Waals surface area contributed by atoms with E-state index in [2.05, 4.69) is 10.6 Å². The molecule has 0 saturated heterocycles. The van der Waals surface area contributed by atoms with Crippen LogP contribution in [0.15, 0.2) is 24.3 Å². The smallest absolute Gasteiger partial charge is 0.244 e. The molecule has 0 fully saturated rings. The summed E-state index contributed by atoms with van der Waals surface area (Å²) in [4.78, 5) is 23.6. The molecular weight excluding hydrogens is 296 g/mol. The van der Waals surface area contributed by atoms with Gasteiger partial charge in [-0.15, -0.1) is 0 Å². The summed E-state index contributed by atoms with van der Waals surface area (Å²) in [7, 11) is 3.12. The van der Waals surface area contributed by atoms with Crippen molar-refractivity contribution in [1.82, 2.24) is 10.6 Å². The molecule has 1 aromatic rings. The first kappa shape index (κ1) is 18.5. The van der Waals surface area contributed by atoms with Gasteiger partial charge in [0.2, 0.25) is 11.8 Å². The molecule has 0 aromatic heterocycles. The Labute approximate surface area is 136 Å². The molecule has 1 unspecified atom stereocenters. The minimum atomic E-state index is -0.585. The molecule has 0 heterocycles. The fourth-order valence-corrected chi connectivity index (χ4v) is 1.83. The Hall–Kier alpha value is -2.50. The predicted molar refractivity (Wildman–Crippen MR) is 89.5 cm³/mol. The van der Waals surface area contributed by atoms with Crippen molar-refractivity contribution < 1.29 is 19.1 Å². The average Bonchev–Trinajstić information content (AvgIpc) is 2.57. The number of carbonyl (C=O) groups excluding carboxylic acids is 2. The van der Waals surface area contributed by atoms with Gasteiger partial charge in [-0.3, -0.25) is 9.59 Å². The van der Waals surface area contributed by atoms with Gasteiger partial charge in [-0.1, -0.05) is 6.92 Å². The third-order valence-electron chi connectivity index (χ3n) is 3.10. The molecule has 0 spiro atoms. The molecule has 0 aliphatic heterocycles. The monoisotopic (exact) mass is 320 g/mol. The third kappa shape index (κ3) is 6.42. The zero-order chi connectivity index (χ0) is 17.2. The van der Waals surface area contributed by atoms with E-state index in [0.717, 1.165) is 12.0 Å². The summed E-state index contributed by atoms with van der Waals surface area (Å²) < 4.78 is 10.3. The summed E-state index contributed by atoms with van der Waals surface area (Å²) >= 11 is 0. The third-order valence-corrected chi connectivity index (χ3v) is 3.10. The fraction of sp³-hybridized carbons (Fsp3) is 0.412. The number of amides is 2. The van der Waals surface area contributed by atoms with E-state index in [1.54, 1.807) is 45.4 Å². The van der Waals surface area contributed by atoms with E-state index in [4.69, 9.17) is 9.47 Å². The van der Waals surface area contributed by atoms with Gasteiger partial charge in [0.1, 0.15) is 17.5 Å². The quantitative estimate of drug-likeness (QED) is 0.716. The van der Waals surface area contributed by atoms with Gasteiger partial charge in [0.05, 0.1) is 14.2 Å². The Balaban J connectivity index is 2.66. The normalized spacial score (nSPS) is 11.8. The molecule has 126 valence electrons. The second kappa shape index (κ2) is 9.50. The Morgan fingerprint density at radius 2 is 1.78 bits per heavy atom. The number of nitrogens with one attached hydrogen (secondary N) is 2. The highest BCUT2D eigenvalue weighted by atomic mass is 16.5. The first-order valence-electron chi connectivity index (χ1n) is 7.49. The highest BCUT2D eigenvalue weighted by Crippen LogP contribution is 2.23. The number of carbonyl (C=O) groups is 2. The van der Waals surface area contributed by atoms with Crippen LogP contribution in [0, 0.1) is 0 Å². The van der Waals surface area contributed by atoms with Crippen molar-refractivity contribution in [3.63, 3.8) is 0 Å². The van der Waals surface area contributed by atoms with E-state index in [1.807, 2.05) is 6.92 Å². The number of benzene rings is 1. The average molecular weight is 320 g/mol. The molecule has 6 heteroatoms. The summed E-state index contributed by atoms with van der Waals surface area (Å²) in [6, 6.07) is 4.73. The van der Waals surface area contributed by atoms with E-state index >= 15 is 0 Å². The van der Waals surface area contributed by atoms with Crippen LogP contribution in [-0.2, 0) is 9.59 Å². The van der Waals surface area contributed by atoms with E-state index < -0.39 is 6.04 Å². The largest absolute Gasteiger partial charge is 0.497 e. The Morgan fingerprint density at radius 1 is 1.17 bits per heavy atom. The van der Waals surface area contributed by atoms with Crippen LogP contribution < -0.4 is 20.1 Å². The van der Waals surface area contributed by atoms with Crippen LogP contribution in [0.3, 0.4) is 0 Å². The van der Waals surface area contributed by atoms with Gasteiger partial charge in [-0.2, -0.15) is 0 Å². The van der Waals surface area contributed by atoms with Gasteiger partial charge in [-0.25, -0.2) is 0 Å². The van der Waals surface area contributed by atoms with E-state index in [1.165, 1.54) is 6.08 Å². The standard InChI is InChI=1S/C17H24N2O4/c1-5-8-18-17(21)12(2)19-16(20)7-6-13-9-14(22-3)11-15(10-13)23-4/h6-7,9-12H,5,8H2,1-4H3,(H,18,21)(H,19,20)/b7-6+. The molecule has 1 atom stereocenters. The predicted octanol–water partition coefficient (Wildman–Crippen LogP) is 1.75. The van der Waals surface area contributed by atoms with E-state index in [9.17, 15) is 9.59 Å². The summed E-state index contributed by atoms with van der Waals surface area (Å²) in [6.45, 7) is 4.21. The van der Waals surface area contributed by atoms with Gasteiger partial charge in [0, 0.05) is 18.7 Å². The highest BCUT2D eigenvalue weighted by molar-refractivity contribution is 5.95. The van der Waals surface area contributed by atoms with Crippen molar-refractivity contribution in [3.8, 4) is 11.5 Å². The van der Waals surface area contributed by atoms with Gasteiger partial charge in [0.15, 0.2) is 0 Å². The van der Waals surface area contributed by atoms with E-state index in [-0.39, 0.29) is 11.8 Å². The van der Waals surface area contributed by atoms with Crippen LogP contribution in [0.2, 0.25) is 0 Å². The van der Waals surface area contributed by atoms with Crippen molar-refractivity contribution in [2.24, 2.45) is 0 Å². The summed E-state index contributed by atoms with van der Waals surface area (Å²) in [5.41, 5.74) is 0.763. The second-order valence-corrected chi connectivity index (χ2v) is 5.00. The van der Waals surface area contributed by atoms with Gasteiger partial charge in [-0.05, 0) is 37.1 Å². The van der Waals surface area contributed by atoms with Crippen LogP contribution in [0.5, 0.6) is 11.5 Å². The molecule has 2 amide bonds. The summed E-state index contributed by atoms with van der Waals surface area (Å²) in [5, 5.41) is 5.35. The van der Waals surface area contributed by atoms with Gasteiger partial charge < -0.3 is 20.1 Å². The molecule has 0 bridgehead atoms. The molecule has 0 radical (unpaired) electrons. The Kier molecular flexibility index (Phi) is 7.66. The number of rotatable bonds is 8. The molecule has 6 nitrogen and oxygen atoms in total. The first-order valence-corrected chi connectivity index (χ1v) is 7.49. The van der Waals surface area contributed by atoms with E-state index in [0.29, 0.717) is 18.0 Å². The molecule has 2 N–H and O–H groups in total. The van der Waals surface area contributed by atoms with Crippen LogP contribution in [-0.4, -0.2) is 38.6 Å². The maximum absolute atomic E-state index is 11.9. The molecular formula is C17H24N2O4. The fourth-order valence-electron chi connectivity index (χ4n) is 1.83. The zero-order valence-electron chi connectivity index (χ0n) is 14.0. The van der Waals surface area contributed by atoms with Crippen molar-refractivity contribution in [3.05, 3.63) is 29.8 Å².